The predicted molar refractivity (Wildman–Crippen MR) is 64.5 cm³/mol. The summed E-state index contributed by atoms with van der Waals surface area (Å²) >= 11 is 5.84. The molecule has 0 unspecified atom stereocenters. The van der Waals surface area contributed by atoms with Crippen LogP contribution in [0.5, 0.6) is 0 Å². The normalized spacial score (nSPS) is 20.6. The van der Waals surface area contributed by atoms with Gasteiger partial charge in [0, 0.05) is 19.6 Å². The molecule has 1 saturated heterocycles. The van der Waals surface area contributed by atoms with Crippen molar-refractivity contribution in [1.82, 2.24) is 15.5 Å². The minimum absolute atomic E-state index is 0.135. The number of nitrogens with one attached hydrogen (secondary N) is 2. The third kappa shape index (κ3) is 3.38. The van der Waals surface area contributed by atoms with Crippen molar-refractivity contribution in [3.63, 3.8) is 0 Å². The first-order chi connectivity index (χ1) is 8.88. The molecule has 0 saturated carbocycles. The molecular formula is C10H12ClF3N4O. The van der Waals surface area contributed by atoms with Crippen molar-refractivity contribution < 1.29 is 13.2 Å². The Kier molecular flexibility index (Phi) is 4.00. The number of aromatic nitrogens is 2. The molecule has 2 rings (SSSR count). The third-order valence-electron chi connectivity index (χ3n) is 2.90. The van der Waals surface area contributed by atoms with Gasteiger partial charge in [0.2, 0.25) is 0 Å². The second-order valence-corrected chi connectivity index (χ2v) is 4.65. The summed E-state index contributed by atoms with van der Waals surface area (Å²) in [7, 11) is 0. The van der Waals surface area contributed by atoms with Gasteiger partial charge in [-0.3, -0.25) is 4.79 Å². The van der Waals surface area contributed by atoms with Crippen LogP contribution in [0.3, 0.4) is 0 Å². The van der Waals surface area contributed by atoms with Crippen LogP contribution in [0.2, 0.25) is 5.02 Å². The van der Waals surface area contributed by atoms with Crippen molar-refractivity contribution in [3.05, 3.63) is 21.6 Å². The number of halogens is 4. The van der Waals surface area contributed by atoms with Gasteiger partial charge in [-0.15, -0.1) is 0 Å². The molecule has 1 aliphatic heterocycles. The summed E-state index contributed by atoms with van der Waals surface area (Å²) in [5.41, 5.74) is -0.371. The van der Waals surface area contributed by atoms with Gasteiger partial charge in [0.05, 0.1) is 24.3 Å². The van der Waals surface area contributed by atoms with Gasteiger partial charge in [-0.1, -0.05) is 11.6 Å². The first-order valence-electron chi connectivity index (χ1n) is 5.66. The number of nitrogens with zero attached hydrogens (tertiary/aromatic N) is 2. The Bertz CT molecular complexity index is 504. The maximum absolute atomic E-state index is 12.5. The number of rotatable bonds is 2. The average Bonchev–Trinajstić information content (AvgIpc) is 2.32. The Morgan fingerprint density at radius 2 is 2.26 bits per heavy atom. The molecule has 1 fully saturated rings. The Hall–Kier alpha value is -1.28. The molecule has 1 aromatic heterocycles. The van der Waals surface area contributed by atoms with Gasteiger partial charge in [-0.05, 0) is 0 Å². The molecular weight excluding hydrogens is 285 g/mol. The second kappa shape index (κ2) is 5.38. The van der Waals surface area contributed by atoms with E-state index in [1.54, 1.807) is 0 Å². The smallest absolute Gasteiger partial charge is 0.363 e. The first-order valence-corrected chi connectivity index (χ1v) is 6.03. The van der Waals surface area contributed by atoms with Crippen LogP contribution in [0.1, 0.15) is 6.42 Å². The number of alkyl halides is 3. The molecule has 0 amide bonds. The quantitative estimate of drug-likeness (QED) is 0.859. The number of H-pyrrole nitrogens is 1. The van der Waals surface area contributed by atoms with Gasteiger partial charge in [0.1, 0.15) is 5.02 Å². The molecule has 0 bridgehead atoms. The largest absolute Gasteiger partial charge is 0.391 e. The highest BCUT2D eigenvalue weighted by Gasteiger charge is 2.36. The van der Waals surface area contributed by atoms with Crippen LogP contribution < -0.4 is 15.8 Å². The van der Waals surface area contributed by atoms with Gasteiger partial charge in [0.15, 0.2) is 0 Å². The van der Waals surface area contributed by atoms with E-state index in [1.807, 2.05) is 0 Å². The Labute approximate surface area is 111 Å². The van der Waals surface area contributed by atoms with E-state index in [-0.39, 0.29) is 17.3 Å². The molecule has 9 heteroatoms. The molecule has 0 radical (unpaired) electrons. The lowest BCUT2D eigenvalue weighted by atomic mass is 10.1. The lowest BCUT2D eigenvalue weighted by Gasteiger charge is -2.38. The van der Waals surface area contributed by atoms with Gasteiger partial charge in [-0.2, -0.15) is 18.3 Å². The highest BCUT2D eigenvalue weighted by atomic mass is 35.5. The van der Waals surface area contributed by atoms with E-state index in [1.165, 1.54) is 11.1 Å². The van der Waals surface area contributed by atoms with Crippen LogP contribution in [-0.2, 0) is 0 Å². The predicted octanol–water partition coefficient (Wildman–Crippen LogP) is 1.15. The highest BCUT2D eigenvalue weighted by Crippen LogP contribution is 2.29. The fourth-order valence-electron chi connectivity index (χ4n) is 2.10. The molecule has 2 heterocycles. The maximum Gasteiger partial charge on any atom is 0.391 e. The zero-order valence-corrected chi connectivity index (χ0v) is 10.6. The summed E-state index contributed by atoms with van der Waals surface area (Å²) in [6.07, 6.45) is -3.97. The fourth-order valence-corrected chi connectivity index (χ4v) is 2.30. The Balaban J connectivity index is 2.29. The third-order valence-corrected chi connectivity index (χ3v) is 3.27. The topological polar surface area (TPSA) is 61.0 Å². The van der Waals surface area contributed by atoms with Crippen LogP contribution in [0, 0.1) is 0 Å². The van der Waals surface area contributed by atoms with Gasteiger partial charge in [0.25, 0.3) is 5.56 Å². The number of hydrogen-bond acceptors (Lipinski definition) is 4. The van der Waals surface area contributed by atoms with E-state index in [2.05, 4.69) is 15.5 Å². The molecule has 1 aromatic rings. The molecule has 0 aliphatic carbocycles. The zero-order valence-electron chi connectivity index (χ0n) is 9.80. The van der Waals surface area contributed by atoms with Crippen molar-refractivity contribution in [2.45, 2.75) is 18.6 Å². The summed E-state index contributed by atoms with van der Waals surface area (Å²) in [6, 6.07) is -0.796. The number of hydrogen-bond donors (Lipinski definition) is 2. The molecule has 1 aliphatic rings. The molecule has 5 nitrogen and oxygen atoms in total. The van der Waals surface area contributed by atoms with E-state index < -0.39 is 24.2 Å². The highest BCUT2D eigenvalue weighted by molar-refractivity contribution is 6.33. The molecule has 2 N–H and O–H groups in total. The number of anilines is 1. The molecule has 1 atom stereocenters. The fraction of sp³-hybridized carbons (Fsp3) is 0.600. The summed E-state index contributed by atoms with van der Waals surface area (Å²) in [5.74, 6) is 0. The molecule has 0 aromatic carbocycles. The van der Waals surface area contributed by atoms with Crippen molar-refractivity contribution in [3.8, 4) is 0 Å². The van der Waals surface area contributed by atoms with E-state index >= 15 is 0 Å². The summed E-state index contributed by atoms with van der Waals surface area (Å²) in [4.78, 5) is 12.8. The summed E-state index contributed by atoms with van der Waals surface area (Å²) in [5, 5.41) is 8.49. The zero-order chi connectivity index (χ0) is 14.0. The average molecular weight is 297 g/mol. The maximum atomic E-state index is 12.5. The van der Waals surface area contributed by atoms with Crippen LogP contribution in [0.25, 0.3) is 0 Å². The number of piperazine rings is 1. The monoisotopic (exact) mass is 296 g/mol. The van der Waals surface area contributed by atoms with Crippen LogP contribution in [-0.4, -0.2) is 42.0 Å². The Morgan fingerprint density at radius 1 is 1.53 bits per heavy atom. The van der Waals surface area contributed by atoms with Gasteiger partial charge >= 0.3 is 6.18 Å². The van der Waals surface area contributed by atoms with E-state index in [4.69, 9.17) is 11.6 Å². The van der Waals surface area contributed by atoms with E-state index in [9.17, 15) is 18.0 Å². The van der Waals surface area contributed by atoms with Crippen LogP contribution in [0.4, 0.5) is 18.9 Å². The van der Waals surface area contributed by atoms with E-state index in [0.717, 1.165) is 0 Å². The minimum Gasteiger partial charge on any atom is -0.363 e. The Morgan fingerprint density at radius 3 is 2.95 bits per heavy atom. The molecule has 19 heavy (non-hydrogen) atoms. The van der Waals surface area contributed by atoms with Crippen molar-refractivity contribution in [2.75, 3.05) is 24.5 Å². The molecule has 106 valence electrons. The minimum atomic E-state index is -4.27. The van der Waals surface area contributed by atoms with Crippen molar-refractivity contribution in [1.29, 1.82) is 0 Å². The van der Waals surface area contributed by atoms with Gasteiger partial charge in [-0.25, -0.2) is 5.10 Å². The molecule has 0 spiro atoms. The SMILES string of the molecule is O=c1[nH]ncc(N2CCNC[C@H]2CC(F)(F)F)c1Cl. The van der Waals surface area contributed by atoms with Crippen LogP contribution >= 0.6 is 11.6 Å². The second-order valence-electron chi connectivity index (χ2n) is 4.27. The van der Waals surface area contributed by atoms with Gasteiger partial charge < -0.3 is 10.2 Å². The van der Waals surface area contributed by atoms with Crippen LogP contribution in [0.15, 0.2) is 11.0 Å². The number of aromatic amines is 1. The first kappa shape index (κ1) is 14.1. The standard InChI is InChI=1S/C10H12ClF3N4O/c11-8-7(5-16-17-9(8)19)18-2-1-15-4-6(18)3-10(12,13)14/h5-6,15H,1-4H2,(H,17,19)/t6-/m1/s1. The summed E-state index contributed by atoms with van der Waals surface area (Å²) < 4.78 is 37.6. The lowest BCUT2D eigenvalue weighted by Crippen LogP contribution is -2.53. The van der Waals surface area contributed by atoms with Crippen molar-refractivity contribution >= 4 is 17.3 Å². The van der Waals surface area contributed by atoms with E-state index in [0.29, 0.717) is 13.1 Å². The summed E-state index contributed by atoms with van der Waals surface area (Å²) in [6.45, 7) is 1.05. The lowest BCUT2D eigenvalue weighted by molar-refractivity contribution is -0.138. The van der Waals surface area contributed by atoms with Crippen molar-refractivity contribution in [2.24, 2.45) is 0 Å².